The van der Waals surface area contributed by atoms with E-state index in [1.807, 2.05) is 31.2 Å². The number of hydrogen-bond donors (Lipinski definition) is 1. The number of esters is 1. The summed E-state index contributed by atoms with van der Waals surface area (Å²) in [7, 11) is 0. The molecule has 1 aliphatic heterocycles. The number of fused-ring (bicyclic) bond motifs is 1. The van der Waals surface area contributed by atoms with Gasteiger partial charge in [0.2, 0.25) is 0 Å². The van der Waals surface area contributed by atoms with Crippen LogP contribution in [0.3, 0.4) is 0 Å². The molecule has 1 atom stereocenters. The number of thiazole rings is 1. The Balaban J connectivity index is 1.94. The zero-order chi connectivity index (χ0) is 22.1. The number of nitrogens with zero attached hydrogens (tertiary/aromatic N) is 2. The minimum absolute atomic E-state index is 0.160. The van der Waals surface area contributed by atoms with Gasteiger partial charge < -0.3 is 9.84 Å². The van der Waals surface area contributed by atoms with Gasteiger partial charge in [-0.05, 0) is 50.1 Å². The summed E-state index contributed by atoms with van der Waals surface area (Å²) in [5.74, 6) is -0.310. The molecule has 158 valence electrons. The summed E-state index contributed by atoms with van der Waals surface area (Å²) in [5.41, 5.74) is 3.38. The Morgan fingerprint density at radius 2 is 1.84 bits per heavy atom. The number of carbonyl (C=O) groups excluding carboxylic acids is 1. The van der Waals surface area contributed by atoms with Crippen LogP contribution in [0, 0.1) is 6.92 Å². The van der Waals surface area contributed by atoms with Gasteiger partial charge >= 0.3 is 5.97 Å². The number of rotatable bonds is 4. The molecule has 1 aromatic heterocycles. The first-order chi connectivity index (χ1) is 14.9. The van der Waals surface area contributed by atoms with E-state index in [0.717, 1.165) is 16.7 Å². The van der Waals surface area contributed by atoms with Gasteiger partial charge in [-0.15, -0.1) is 0 Å². The molecule has 0 fully saturated rings. The van der Waals surface area contributed by atoms with Crippen molar-refractivity contribution in [3.63, 3.8) is 0 Å². The lowest BCUT2D eigenvalue weighted by molar-refractivity contribution is -0.139. The Labute approximate surface area is 183 Å². The highest BCUT2D eigenvalue weighted by Crippen LogP contribution is 2.30. The Hall–Kier alpha value is -3.45. The van der Waals surface area contributed by atoms with Crippen LogP contribution in [0.15, 0.2) is 69.6 Å². The summed E-state index contributed by atoms with van der Waals surface area (Å²) in [6.07, 6.45) is 1.76. The molecular formula is C24H22N2O4S. The molecule has 2 heterocycles. The van der Waals surface area contributed by atoms with Crippen LogP contribution in [0.25, 0.3) is 6.08 Å². The fraction of sp³-hybridized carbons (Fsp3) is 0.208. The lowest BCUT2D eigenvalue weighted by atomic mass is 9.95. The van der Waals surface area contributed by atoms with Crippen molar-refractivity contribution in [2.24, 2.45) is 4.99 Å². The molecule has 1 unspecified atom stereocenters. The second-order valence-electron chi connectivity index (χ2n) is 7.30. The number of carbonyl (C=O) groups is 1. The fourth-order valence-corrected chi connectivity index (χ4v) is 4.62. The quantitative estimate of drug-likeness (QED) is 0.641. The lowest BCUT2D eigenvalue weighted by Crippen LogP contribution is -2.39. The molecule has 2 aromatic carbocycles. The van der Waals surface area contributed by atoms with Crippen molar-refractivity contribution in [2.45, 2.75) is 26.8 Å². The molecule has 0 spiro atoms. The van der Waals surface area contributed by atoms with Crippen LogP contribution in [-0.4, -0.2) is 22.2 Å². The lowest BCUT2D eigenvalue weighted by Gasteiger charge is -2.24. The van der Waals surface area contributed by atoms with Gasteiger partial charge in [-0.3, -0.25) is 9.36 Å². The van der Waals surface area contributed by atoms with Crippen molar-refractivity contribution in [3.8, 4) is 5.75 Å². The number of benzene rings is 2. The van der Waals surface area contributed by atoms with Gasteiger partial charge in [0, 0.05) is 0 Å². The van der Waals surface area contributed by atoms with E-state index in [1.54, 1.807) is 48.8 Å². The van der Waals surface area contributed by atoms with E-state index in [-0.39, 0.29) is 17.9 Å². The van der Waals surface area contributed by atoms with Gasteiger partial charge in [0.1, 0.15) is 5.75 Å². The van der Waals surface area contributed by atoms with E-state index >= 15 is 0 Å². The van der Waals surface area contributed by atoms with Crippen molar-refractivity contribution < 1.29 is 14.6 Å². The van der Waals surface area contributed by atoms with Crippen LogP contribution in [0.1, 0.15) is 36.6 Å². The highest BCUT2D eigenvalue weighted by atomic mass is 32.1. The summed E-state index contributed by atoms with van der Waals surface area (Å²) in [6, 6.07) is 13.8. The van der Waals surface area contributed by atoms with Crippen molar-refractivity contribution in [2.75, 3.05) is 6.61 Å². The van der Waals surface area contributed by atoms with Crippen LogP contribution in [0.4, 0.5) is 0 Å². The first-order valence-electron chi connectivity index (χ1n) is 9.94. The molecule has 0 aliphatic carbocycles. The van der Waals surface area contributed by atoms with Gasteiger partial charge in [0.15, 0.2) is 4.80 Å². The maximum absolute atomic E-state index is 13.4. The number of aromatic hydroxyl groups is 1. The molecule has 0 saturated heterocycles. The molecule has 0 saturated carbocycles. The maximum atomic E-state index is 13.4. The average Bonchev–Trinajstić information content (AvgIpc) is 3.04. The molecular weight excluding hydrogens is 412 g/mol. The molecule has 4 rings (SSSR count). The highest BCUT2D eigenvalue weighted by molar-refractivity contribution is 7.07. The van der Waals surface area contributed by atoms with Crippen LogP contribution in [0.5, 0.6) is 5.75 Å². The van der Waals surface area contributed by atoms with Crippen molar-refractivity contribution >= 4 is 23.4 Å². The van der Waals surface area contributed by atoms with E-state index in [4.69, 9.17) is 4.74 Å². The second kappa shape index (κ2) is 8.35. The highest BCUT2D eigenvalue weighted by Gasteiger charge is 2.33. The van der Waals surface area contributed by atoms with Crippen molar-refractivity contribution in [3.05, 3.63) is 96.2 Å². The summed E-state index contributed by atoms with van der Waals surface area (Å²) in [5, 5.41) is 9.50. The van der Waals surface area contributed by atoms with Crippen molar-refractivity contribution in [1.82, 2.24) is 4.57 Å². The van der Waals surface area contributed by atoms with Crippen LogP contribution in [0.2, 0.25) is 0 Å². The SMILES string of the molecule is CCOC(=O)C1=C(C)N=c2sc(=Cc3ccc(O)cc3)c(=O)n2C1c1ccc(C)cc1. The van der Waals surface area contributed by atoms with E-state index in [2.05, 4.69) is 4.99 Å². The topological polar surface area (TPSA) is 80.9 Å². The molecule has 0 radical (unpaired) electrons. The second-order valence-corrected chi connectivity index (χ2v) is 8.31. The van der Waals surface area contributed by atoms with Crippen LogP contribution >= 0.6 is 11.3 Å². The molecule has 0 bridgehead atoms. The number of phenolic OH excluding ortho intramolecular Hbond substituents is 1. The predicted octanol–water partition coefficient (Wildman–Crippen LogP) is 2.81. The third-order valence-electron chi connectivity index (χ3n) is 5.10. The van der Waals surface area contributed by atoms with Gasteiger partial charge in [0.05, 0.1) is 28.5 Å². The normalized spacial score (nSPS) is 16.1. The molecule has 0 amide bonds. The van der Waals surface area contributed by atoms with Gasteiger partial charge in [-0.2, -0.15) is 0 Å². The smallest absolute Gasteiger partial charge is 0.338 e. The average molecular weight is 435 g/mol. The molecule has 3 aromatic rings. The Kier molecular flexibility index (Phi) is 5.61. The zero-order valence-corrected chi connectivity index (χ0v) is 18.3. The maximum Gasteiger partial charge on any atom is 0.338 e. The van der Waals surface area contributed by atoms with Gasteiger partial charge in [-0.25, -0.2) is 9.79 Å². The Morgan fingerprint density at radius 1 is 1.16 bits per heavy atom. The summed E-state index contributed by atoms with van der Waals surface area (Å²) in [6.45, 7) is 5.74. The first kappa shape index (κ1) is 20.8. The van der Waals surface area contributed by atoms with E-state index in [0.29, 0.717) is 20.6 Å². The third kappa shape index (κ3) is 3.96. The minimum atomic E-state index is -0.613. The van der Waals surface area contributed by atoms with Gasteiger partial charge in [-0.1, -0.05) is 53.3 Å². The molecule has 1 N–H and O–H groups in total. The van der Waals surface area contributed by atoms with Crippen LogP contribution < -0.4 is 14.9 Å². The van der Waals surface area contributed by atoms with Crippen molar-refractivity contribution in [1.29, 1.82) is 0 Å². The standard InChI is InChI=1S/C24H22N2O4S/c1-4-30-23(29)20-15(3)25-24-26(21(20)17-9-5-14(2)6-10-17)22(28)19(31-24)13-16-7-11-18(27)12-8-16/h5-13,21,27H,4H2,1-3H3. The third-order valence-corrected chi connectivity index (χ3v) is 6.08. The largest absolute Gasteiger partial charge is 0.508 e. The number of phenols is 1. The van der Waals surface area contributed by atoms with Gasteiger partial charge in [0.25, 0.3) is 5.56 Å². The molecule has 6 nitrogen and oxygen atoms in total. The Bertz CT molecular complexity index is 1350. The molecule has 7 heteroatoms. The molecule has 31 heavy (non-hydrogen) atoms. The number of hydrogen-bond acceptors (Lipinski definition) is 6. The monoisotopic (exact) mass is 434 g/mol. The number of ether oxygens (including phenoxy) is 1. The summed E-state index contributed by atoms with van der Waals surface area (Å²) in [4.78, 5) is 31.3. The zero-order valence-electron chi connectivity index (χ0n) is 17.5. The predicted molar refractivity (Wildman–Crippen MR) is 120 cm³/mol. The van der Waals surface area contributed by atoms with E-state index in [1.165, 1.54) is 11.3 Å². The minimum Gasteiger partial charge on any atom is -0.508 e. The Morgan fingerprint density at radius 3 is 2.48 bits per heavy atom. The number of aromatic nitrogens is 1. The summed E-state index contributed by atoms with van der Waals surface area (Å²) < 4.78 is 7.37. The fourth-order valence-electron chi connectivity index (χ4n) is 3.58. The van der Waals surface area contributed by atoms with E-state index < -0.39 is 12.0 Å². The summed E-state index contributed by atoms with van der Waals surface area (Å²) >= 11 is 1.27. The van der Waals surface area contributed by atoms with Crippen LogP contribution in [-0.2, 0) is 9.53 Å². The van der Waals surface area contributed by atoms with E-state index in [9.17, 15) is 14.7 Å². The number of aryl methyl sites for hydroxylation is 1. The molecule has 1 aliphatic rings. The first-order valence-corrected chi connectivity index (χ1v) is 10.8. The number of allylic oxidation sites excluding steroid dienone is 1.